The molecule has 0 unspecified atom stereocenters. The van der Waals surface area contributed by atoms with E-state index in [2.05, 4.69) is 0 Å². The molecule has 0 amide bonds. The lowest BCUT2D eigenvalue weighted by atomic mass is 9.99. The summed E-state index contributed by atoms with van der Waals surface area (Å²) in [6, 6.07) is 9.62. The Labute approximate surface area is 155 Å². The van der Waals surface area contributed by atoms with Gasteiger partial charge in [0.15, 0.2) is 0 Å². The van der Waals surface area contributed by atoms with E-state index >= 15 is 0 Å². The molecule has 1 heterocycles. The average Bonchev–Trinajstić information content (AvgIpc) is 2.61. The Morgan fingerprint density at radius 1 is 1.15 bits per heavy atom. The average molecular weight is 369 g/mol. The van der Waals surface area contributed by atoms with E-state index in [4.69, 9.17) is 4.74 Å². The summed E-state index contributed by atoms with van der Waals surface area (Å²) >= 11 is 0. The van der Waals surface area contributed by atoms with Crippen molar-refractivity contribution in [2.45, 2.75) is 26.3 Å². The molecule has 0 aliphatic heterocycles. The maximum atomic E-state index is 14.8. The van der Waals surface area contributed by atoms with Crippen LogP contribution in [0, 0.1) is 5.82 Å². The summed E-state index contributed by atoms with van der Waals surface area (Å²) in [5.41, 5.74) is -0.154. The van der Waals surface area contributed by atoms with E-state index in [0.29, 0.717) is 22.4 Å². The molecule has 0 aliphatic carbocycles. The Morgan fingerprint density at radius 2 is 1.78 bits per heavy atom. The zero-order valence-corrected chi connectivity index (χ0v) is 15.5. The SMILES string of the molecule is COc1ccc(-c2cc3c(cc2F)c(=O)c(C(=O)O)cn3C(C)(C)C)cc1. The number of methoxy groups -OCH3 is 1. The second kappa shape index (κ2) is 6.54. The highest BCUT2D eigenvalue weighted by atomic mass is 19.1. The summed E-state index contributed by atoms with van der Waals surface area (Å²) in [6.07, 6.45) is 1.32. The number of aromatic carboxylic acids is 1. The van der Waals surface area contributed by atoms with E-state index in [1.807, 2.05) is 20.8 Å². The third-order valence-electron chi connectivity index (χ3n) is 4.45. The van der Waals surface area contributed by atoms with Crippen molar-refractivity contribution >= 4 is 16.9 Å². The van der Waals surface area contributed by atoms with Crippen molar-refractivity contribution in [3.8, 4) is 16.9 Å². The molecule has 0 radical (unpaired) electrons. The van der Waals surface area contributed by atoms with Crippen LogP contribution in [-0.4, -0.2) is 22.8 Å². The van der Waals surface area contributed by atoms with E-state index in [1.54, 1.807) is 42.0 Å². The molecule has 0 bridgehead atoms. The van der Waals surface area contributed by atoms with Gasteiger partial charge in [-0.3, -0.25) is 4.79 Å². The maximum absolute atomic E-state index is 14.8. The Hall–Kier alpha value is -3.15. The Balaban J connectivity index is 2.37. The third-order valence-corrected chi connectivity index (χ3v) is 4.45. The normalized spacial score (nSPS) is 11.6. The second-order valence-corrected chi connectivity index (χ2v) is 7.30. The molecule has 0 aliphatic rings. The fourth-order valence-corrected chi connectivity index (χ4v) is 3.04. The van der Waals surface area contributed by atoms with E-state index in [1.165, 1.54) is 6.20 Å². The zero-order chi connectivity index (χ0) is 19.9. The number of hydrogen-bond donors (Lipinski definition) is 1. The van der Waals surface area contributed by atoms with E-state index in [0.717, 1.165) is 6.07 Å². The molecule has 0 spiro atoms. The molecule has 1 N–H and O–H groups in total. The molecule has 2 aromatic carbocycles. The predicted molar refractivity (Wildman–Crippen MR) is 102 cm³/mol. The summed E-state index contributed by atoms with van der Waals surface area (Å²) in [5.74, 6) is -1.27. The summed E-state index contributed by atoms with van der Waals surface area (Å²) < 4.78 is 21.6. The quantitative estimate of drug-likeness (QED) is 0.749. The minimum Gasteiger partial charge on any atom is -0.497 e. The molecular weight excluding hydrogens is 349 g/mol. The highest BCUT2D eigenvalue weighted by Crippen LogP contribution is 2.30. The predicted octanol–water partition coefficient (Wildman–Crippen LogP) is 4.27. The number of benzene rings is 2. The fraction of sp³-hybridized carbons (Fsp3) is 0.238. The number of carboxylic acids is 1. The van der Waals surface area contributed by atoms with Crippen molar-refractivity contribution in [2.24, 2.45) is 0 Å². The van der Waals surface area contributed by atoms with Crippen molar-refractivity contribution in [1.29, 1.82) is 0 Å². The van der Waals surface area contributed by atoms with Gasteiger partial charge in [-0.2, -0.15) is 0 Å². The highest BCUT2D eigenvalue weighted by Gasteiger charge is 2.22. The van der Waals surface area contributed by atoms with Gasteiger partial charge in [0.2, 0.25) is 5.43 Å². The first-order valence-corrected chi connectivity index (χ1v) is 8.40. The monoisotopic (exact) mass is 369 g/mol. The number of aromatic nitrogens is 1. The van der Waals surface area contributed by atoms with Crippen LogP contribution < -0.4 is 10.2 Å². The van der Waals surface area contributed by atoms with Gasteiger partial charge in [0.1, 0.15) is 17.1 Å². The summed E-state index contributed by atoms with van der Waals surface area (Å²) in [5, 5.41) is 9.39. The van der Waals surface area contributed by atoms with Gasteiger partial charge >= 0.3 is 5.97 Å². The summed E-state index contributed by atoms with van der Waals surface area (Å²) in [4.78, 5) is 24.0. The number of nitrogens with zero attached hydrogens (tertiary/aromatic N) is 1. The Morgan fingerprint density at radius 3 is 2.30 bits per heavy atom. The molecule has 0 saturated heterocycles. The third kappa shape index (κ3) is 3.30. The lowest BCUT2D eigenvalue weighted by Crippen LogP contribution is -2.27. The Kier molecular flexibility index (Phi) is 4.51. The number of carboxylic acid groups (broad SMARTS) is 1. The fourth-order valence-electron chi connectivity index (χ4n) is 3.04. The molecule has 5 nitrogen and oxygen atoms in total. The first-order valence-electron chi connectivity index (χ1n) is 8.40. The number of pyridine rings is 1. The molecule has 0 saturated carbocycles. The standard InChI is InChI=1S/C21H20FNO4/c1-21(2,3)23-11-16(20(25)26)19(24)15-9-17(22)14(10-18(15)23)12-5-7-13(27-4)8-6-12/h5-11H,1-4H3,(H,25,26). The number of hydrogen-bond acceptors (Lipinski definition) is 3. The van der Waals surface area contributed by atoms with Crippen LogP contribution >= 0.6 is 0 Å². The lowest BCUT2D eigenvalue weighted by molar-refractivity contribution is 0.0694. The number of ether oxygens (including phenoxy) is 1. The smallest absolute Gasteiger partial charge is 0.341 e. The van der Waals surface area contributed by atoms with Crippen molar-refractivity contribution in [2.75, 3.05) is 7.11 Å². The van der Waals surface area contributed by atoms with Gasteiger partial charge in [-0.25, -0.2) is 9.18 Å². The minimum absolute atomic E-state index is 0.0413. The van der Waals surface area contributed by atoms with Gasteiger partial charge in [-0.15, -0.1) is 0 Å². The zero-order valence-electron chi connectivity index (χ0n) is 15.5. The molecule has 1 aromatic heterocycles. The molecule has 3 aromatic rings. The molecule has 27 heavy (non-hydrogen) atoms. The summed E-state index contributed by atoms with van der Waals surface area (Å²) in [7, 11) is 1.55. The maximum Gasteiger partial charge on any atom is 0.341 e. The van der Waals surface area contributed by atoms with E-state index < -0.39 is 22.8 Å². The molecule has 0 atom stereocenters. The van der Waals surface area contributed by atoms with Gasteiger partial charge in [-0.05, 0) is 50.6 Å². The number of rotatable bonds is 3. The van der Waals surface area contributed by atoms with Crippen LogP contribution in [0.5, 0.6) is 5.75 Å². The van der Waals surface area contributed by atoms with Crippen LogP contribution in [-0.2, 0) is 5.54 Å². The molecule has 6 heteroatoms. The van der Waals surface area contributed by atoms with Gasteiger partial charge in [0.05, 0.1) is 12.6 Å². The topological polar surface area (TPSA) is 68.5 Å². The van der Waals surface area contributed by atoms with Crippen molar-refractivity contribution in [1.82, 2.24) is 4.57 Å². The molecule has 0 fully saturated rings. The van der Waals surface area contributed by atoms with Crippen molar-refractivity contribution in [3.63, 3.8) is 0 Å². The Bertz CT molecular complexity index is 1090. The summed E-state index contributed by atoms with van der Waals surface area (Å²) in [6.45, 7) is 5.66. The van der Waals surface area contributed by atoms with Crippen LogP contribution in [0.2, 0.25) is 0 Å². The lowest BCUT2D eigenvalue weighted by Gasteiger charge is -2.26. The first kappa shape index (κ1) is 18.6. The number of carbonyl (C=O) groups is 1. The van der Waals surface area contributed by atoms with Gasteiger partial charge in [0, 0.05) is 22.7 Å². The minimum atomic E-state index is -1.33. The molecule has 140 valence electrons. The number of fused-ring (bicyclic) bond motifs is 1. The number of halogens is 1. The van der Waals surface area contributed by atoms with Crippen molar-refractivity contribution in [3.05, 3.63) is 64.2 Å². The van der Waals surface area contributed by atoms with Crippen LogP contribution in [0.3, 0.4) is 0 Å². The molecule has 3 rings (SSSR count). The van der Waals surface area contributed by atoms with Gasteiger partial charge in [-0.1, -0.05) is 12.1 Å². The molecular formula is C21H20FNO4. The first-order chi connectivity index (χ1) is 12.6. The van der Waals surface area contributed by atoms with E-state index in [9.17, 15) is 19.1 Å². The van der Waals surface area contributed by atoms with Gasteiger partial charge in [0.25, 0.3) is 0 Å². The van der Waals surface area contributed by atoms with Gasteiger partial charge < -0.3 is 14.4 Å². The highest BCUT2D eigenvalue weighted by molar-refractivity contribution is 5.94. The second-order valence-electron chi connectivity index (χ2n) is 7.30. The van der Waals surface area contributed by atoms with Crippen LogP contribution in [0.4, 0.5) is 4.39 Å². The van der Waals surface area contributed by atoms with Crippen molar-refractivity contribution < 1.29 is 19.0 Å². The largest absolute Gasteiger partial charge is 0.497 e. The van der Waals surface area contributed by atoms with Crippen LogP contribution in [0.15, 0.2) is 47.4 Å². The van der Waals surface area contributed by atoms with E-state index in [-0.39, 0.29) is 10.9 Å². The van der Waals surface area contributed by atoms with Crippen LogP contribution in [0.25, 0.3) is 22.0 Å². The van der Waals surface area contributed by atoms with Crippen LogP contribution in [0.1, 0.15) is 31.1 Å².